The number of piperazine rings is 1. The summed E-state index contributed by atoms with van der Waals surface area (Å²) < 4.78 is 16.2. The SMILES string of the molecule is COc1cccc(C(=O)NC[C@@H](c2ccc3c(c2)OCO3)N2CCN(C)CC2)c1. The molecule has 2 aromatic carbocycles. The van der Waals surface area contributed by atoms with Crippen LogP contribution in [-0.2, 0) is 0 Å². The van der Waals surface area contributed by atoms with Crippen LogP contribution in [0.1, 0.15) is 22.0 Å². The highest BCUT2D eigenvalue weighted by molar-refractivity contribution is 5.94. The van der Waals surface area contributed by atoms with Gasteiger partial charge in [0.05, 0.1) is 13.2 Å². The molecule has 4 rings (SSSR count). The van der Waals surface area contributed by atoms with Gasteiger partial charge in [0.1, 0.15) is 5.75 Å². The molecular formula is C22H27N3O4. The Bertz CT molecular complexity index is 865. The zero-order valence-electron chi connectivity index (χ0n) is 16.9. The lowest BCUT2D eigenvalue weighted by molar-refractivity contribution is 0.0886. The number of nitrogens with zero attached hydrogens (tertiary/aromatic N) is 2. The molecule has 0 bridgehead atoms. The van der Waals surface area contributed by atoms with Gasteiger partial charge in [0.2, 0.25) is 6.79 Å². The molecule has 1 N–H and O–H groups in total. The molecule has 2 aromatic rings. The van der Waals surface area contributed by atoms with Gasteiger partial charge in [-0.15, -0.1) is 0 Å². The second kappa shape index (κ2) is 8.71. The summed E-state index contributed by atoms with van der Waals surface area (Å²) in [6.07, 6.45) is 0. The van der Waals surface area contributed by atoms with Crippen molar-refractivity contribution < 1.29 is 19.0 Å². The smallest absolute Gasteiger partial charge is 0.251 e. The van der Waals surface area contributed by atoms with Gasteiger partial charge in [-0.1, -0.05) is 12.1 Å². The topological polar surface area (TPSA) is 63.3 Å². The molecule has 29 heavy (non-hydrogen) atoms. The lowest BCUT2D eigenvalue weighted by atomic mass is 10.0. The number of methoxy groups -OCH3 is 1. The molecule has 1 atom stereocenters. The molecular weight excluding hydrogens is 370 g/mol. The predicted octanol–water partition coefficient (Wildman–Crippen LogP) is 2.14. The number of rotatable bonds is 6. The van der Waals surface area contributed by atoms with E-state index in [0.29, 0.717) is 17.9 Å². The second-order valence-electron chi connectivity index (χ2n) is 7.41. The van der Waals surface area contributed by atoms with E-state index in [-0.39, 0.29) is 18.7 Å². The summed E-state index contributed by atoms with van der Waals surface area (Å²) in [5, 5.41) is 3.10. The Labute approximate surface area is 171 Å². The molecule has 0 spiro atoms. The highest BCUT2D eigenvalue weighted by Gasteiger charge is 2.26. The summed E-state index contributed by atoms with van der Waals surface area (Å²) in [6, 6.07) is 13.3. The Morgan fingerprint density at radius 3 is 2.69 bits per heavy atom. The van der Waals surface area contributed by atoms with Crippen LogP contribution in [0.5, 0.6) is 17.2 Å². The summed E-state index contributed by atoms with van der Waals surface area (Å²) in [6.45, 7) is 4.68. The first kappa shape index (κ1) is 19.5. The number of benzene rings is 2. The van der Waals surface area contributed by atoms with Crippen molar-refractivity contribution in [3.05, 3.63) is 53.6 Å². The number of nitrogens with one attached hydrogen (secondary N) is 1. The van der Waals surface area contributed by atoms with Crippen molar-refractivity contribution >= 4 is 5.91 Å². The molecule has 154 valence electrons. The van der Waals surface area contributed by atoms with Gasteiger partial charge in [0, 0.05) is 38.3 Å². The first-order valence-electron chi connectivity index (χ1n) is 9.88. The third kappa shape index (κ3) is 4.46. The Morgan fingerprint density at radius 2 is 1.90 bits per heavy atom. The van der Waals surface area contributed by atoms with Gasteiger partial charge < -0.3 is 24.4 Å². The number of carbonyl (C=O) groups is 1. The number of likely N-dealkylation sites (N-methyl/N-ethyl adjacent to an activating group) is 1. The average Bonchev–Trinajstić information content (AvgIpc) is 3.23. The largest absolute Gasteiger partial charge is 0.497 e. The maximum atomic E-state index is 12.7. The van der Waals surface area contributed by atoms with Crippen molar-refractivity contribution in [2.24, 2.45) is 0 Å². The number of ether oxygens (including phenoxy) is 3. The quantitative estimate of drug-likeness (QED) is 0.806. The molecule has 1 fully saturated rings. The average molecular weight is 397 g/mol. The molecule has 0 aliphatic carbocycles. The lowest BCUT2D eigenvalue weighted by Gasteiger charge is -2.38. The fourth-order valence-corrected chi connectivity index (χ4v) is 3.77. The molecule has 0 radical (unpaired) electrons. The highest BCUT2D eigenvalue weighted by atomic mass is 16.7. The van der Waals surface area contributed by atoms with Crippen LogP contribution in [0.3, 0.4) is 0 Å². The third-order valence-corrected chi connectivity index (χ3v) is 5.55. The van der Waals surface area contributed by atoms with E-state index < -0.39 is 0 Å². The summed E-state index contributed by atoms with van der Waals surface area (Å²) in [4.78, 5) is 17.5. The van der Waals surface area contributed by atoms with Crippen LogP contribution in [0.25, 0.3) is 0 Å². The number of fused-ring (bicyclic) bond motifs is 1. The van der Waals surface area contributed by atoms with Crippen molar-refractivity contribution in [1.82, 2.24) is 15.1 Å². The minimum atomic E-state index is -0.108. The van der Waals surface area contributed by atoms with Crippen LogP contribution in [0.2, 0.25) is 0 Å². The Hall–Kier alpha value is -2.77. The predicted molar refractivity (Wildman–Crippen MR) is 110 cm³/mol. The van der Waals surface area contributed by atoms with Gasteiger partial charge in [-0.2, -0.15) is 0 Å². The summed E-state index contributed by atoms with van der Waals surface area (Å²) in [5.41, 5.74) is 1.71. The molecule has 1 saturated heterocycles. The molecule has 0 unspecified atom stereocenters. The minimum absolute atomic E-state index is 0.0627. The number of amides is 1. The van der Waals surface area contributed by atoms with Crippen molar-refractivity contribution in [3.8, 4) is 17.2 Å². The Balaban J connectivity index is 1.51. The van der Waals surface area contributed by atoms with E-state index in [1.165, 1.54) is 0 Å². The van der Waals surface area contributed by atoms with Gasteiger partial charge in [-0.3, -0.25) is 9.69 Å². The molecule has 0 aromatic heterocycles. The van der Waals surface area contributed by atoms with E-state index in [4.69, 9.17) is 14.2 Å². The highest BCUT2D eigenvalue weighted by Crippen LogP contribution is 2.35. The van der Waals surface area contributed by atoms with Crippen molar-refractivity contribution in [2.75, 3.05) is 53.7 Å². The minimum Gasteiger partial charge on any atom is -0.497 e. The molecule has 0 saturated carbocycles. The van der Waals surface area contributed by atoms with Crippen molar-refractivity contribution in [2.45, 2.75) is 6.04 Å². The van der Waals surface area contributed by atoms with E-state index in [2.05, 4.69) is 28.2 Å². The number of carbonyl (C=O) groups excluding carboxylic acids is 1. The van der Waals surface area contributed by atoms with Crippen LogP contribution in [0.15, 0.2) is 42.5 Å². The van der Waals surface area contributed by atoms with Gasteiger partial charge in [-0.05, 0) is 42.9 Å². The fraction of sp³-hybridized carbons (Fsp3) is 0.409. The van der Waals surface area contributed by atoms with Crippen LogP contribution >= 0.6 is 0 Å². The Kier molecular flexibility index (Phi) is 5.87. The number of hydrogen-bond donors (Lipinski definition) is 1. The van der Waals surface area contributed by atoms with Gasteiger partial charge >= 0.3 is 0 Å². The first-order valence-corrected chi connectivity index (χ1v) is 9.88. The van der Waals surface area contributed by atoms with E-state index in [1.807, 2.05) is 24.3 Å². The lowest BCUT2D eigenvalue weighted by Crippen LogP contribution is -2.48. The first-order chi connectivity index (χ1) is 14.1. The molecule has 2 aliphatic rings. The molecule has 7 heteroatoms. The van der Waals surface area contributed by atoms with Crippen LogP contribution in [-0.4, -0.2) is 69.4 Å². The maximum Gasteiger partial charge on any atom is 0.251 e. The monoisotopic (exact) mass is 397 g/mol. The van der Waals surface area contributed by atoms with Crippen molar-refractivity contribution in [3.63, 3.8) is 0 Å². The molecule has 2 heterocycles. The number of hydrogen-bond acceptors (Lipinski definition) is 6. The Morgan fingerprint density at radius 1 is 1.10 bits per heavy atom. The van der Waals surface area contributed by atoms with Crippen LogP contribution in [0, 0.1) is 0 Å². The fourth-order valence-electron chi connectivity index (χ4n) is 3.77. The normalized spacial score (nSPS) is 17.7. The third-order valence-electron chi connectivity index (χ3n) is 5.55. The molecule has 2 aliphatic heterocycles. The standard InChI is InChI=1S/C22H27N3O4/c1-24-8-10-25(11-9-24)19(16-6-7-20-21(13-16)29-15-28-20)14-23-22(26)17-4-3-5-18(12-17)27-2/h3-7,12-13,19H,8-11,14-15H2,1-2H3,(H,23,26)/t19-/m0/s1. The second-order valence-corrected chi connectivity index (χ2v) is 7.41. The van der Waals surface area contributed by atoms with E-state index in [1.54, 1.807) is 19.2 Å². The summed E-state index contributed by atoms with van der Waals surface area (Å²) in [5.74, 6) is 2.10. The van der Waals surface area contributed by atoms with Crippen LogP contribution in [0.4, 0.5) is 0 Å². The summed E-state index contributed by atoms with van der Waals surface area (Å²) >= 11 is 0. The van der Waals surface area contributed by atoms with E-state index >= 15 is 0 Å². The van der Waals surface area contributed by atoms with E-state index in [0.717, 1.165) is 43.2 Å². The zero-order valence-corrected chi connectivity index (χ0v) is 16.9. The van der Waals surface area contributed by atoms with Crippen molar-refractivity contribution in [1.29, 1.82) is 0 Å². The van der Waals surface area contributed by atoms with Gasteiger partial charge in [0.15, 0.2) is 11.5 Å². The molecule has 1 amide bonds. The van der Waals surface area contributed by atoms with E-state index in [9.17, 15) is 4.79 Å². The van der Waals surface area contributed by atoms with Gasteiger partial charge in [-0.25, -0.2) is 0 Å². The summed E-state index contributed by atoms with van der Waals surface area (Å²) in [7, 11) is 3.73. The maximum absolute atomic E-state index is 12.7. The zero-order chi connectivity index (χ0) is 20.2. The van der Waals surface area contributed by atoms with Crippen LogP contribution < -0.4 is 19.5 Å². The molecule has 7 nitrogen and oxygen atoms in total. The van der Waals surface area contributed by atoms with Gasteiger partial charge in [0.25, 0.3) is 5.91 Å².